The van der Waals surface area contributed by atoms with E-state index in [0.717, 1.165) is 22.7 Å². The molecule has 0 spiro atoms. The van der Waals surface area contributed by atoms with E-state index >= 15 is 0 Å². The minimum Gasteiger partial charge on any atom is -0.325 e. The molecule has 0 aliphatic rings. The first-order valence-corrected chi connectivity index (χ1v) is 7.64. The molecule has 0 radical (unpaired) electrons. The van der Waals surface area contributed by atoms with Crippen LogP contribution < -0.4 is 5.32 Å². The molecule has 1 N–H and O–H groups in total. The Morgan fingerprint density at radius 3 is 2.84 bits per heavy atom. The second-order valence-corrected chi connectivity index (χ2v) is 5.36. The maximum atomic E-state index is 11.6. The maximum Gasteiger partial charge on any atom is 0.234 e. The molecule has 0 aliphatic carbocycles. The molecule has 0 aliphatic heterocycles. The monoisotopic (exact) mass is 291 g/mol. The van der Waals surface area contributed by atoms with Crippen LogP contribution in [0.2, 0.25) is 0 Å². The average Bonchev–Trinajstić information content (AvgIpc) is 2.94. The summed E-state index contributed by atoms with van der Waals surface area (Å²) in [6, 6.07) is 7.57. The lowest BCUT2D eigenvalue weighted by Crippen LogP contribution is -2.14. The second kappa shape index (κ2) is 7.06. The standard InChI is InChI=1S/C13H13N3OS2/c1-2-7-18-9-13(17)14-11-5-3-10(4-6-11)12-8-19-16-15-12/h2-6,8H,1,7,9H2,(H,14,17). The fraction of sp³-hybridized carbons (Fsp3) is 0.154. The van der Waals surface area contributed by atoms with E-state index in [1.165, 1.54) is 23.3 Å². The SMILES string of the molecule is C=CCSCC(=O)Nc1ccc(-c2csnn2)cc1. The van der Waals surface area contributed by atoms with Gasteiger partial charge >= 0.3 is 0 Å². The molecule has 0 unspecified atom stereocenters. The van der Waals surface area contributed by atoms with Crippen molar-refractivity contribution in [2.45, 2.75) is 0 Å². The van der Waals surface area contributed by atoms with Crippen molar-refractivity contribution in [2.75, 3.05) is 16.8 Å². The van der Waals surface area contributed by atoms with Crippen LogP contribution >= 0.6 is 23.3 Å². The largest absolute Gasteiger partial charge is 0.325 e. The smallest absolute Gasteiger partial charge is 0.234 e. The highest BCUT2D eigenvalue weighted by Crippen LogP contribution is 2.20. The lowest BCUT2D eigenvalue weighted by molar-refractivity contribution is -0.113. The highest BCUT2D eigenvalue weighted by atomic mass is 32.2. The van der Waals surface area contributed by atoms with Crippen LogP contribution in [0.3, 0.4) is 0 Å². The van der Waals surface area contributed by atoms with Gasteiger partial charge in [-0.25, -0.2) is 0 Å². The minimum absolute atomic E-state index is 0.00470. The van der Waals surface area contributed by atoms with Crippen LogP contribution in [0.5, 0.6) is 0 Å². The van der Waals surface area contributed by atoms with Gasteiger partial charge in [-0.1, -0.05) is 22.7 Å². The molecule has 4 nitrogen and oxygen atoms in total. The Balaban J connectivity index is 1.92. The third-order valence-corrected chi connectivity index (χ3v) is 3.74. The number of rotatable bonds is 6. The zero-order valence-electron chi connectivity index (χ0n) is 10.2. The van der Waals surface area contributed by atoms with Crippen LogP contribution in [0.1, 0.15) is 0 Å². The molecule has 19 heavy (non-hydrogen) atoms. The summed E-state index contributed by atoms with van der Waals surface area (Å²) in [6.45, 7) is 3.61. The molecular weight excluding hydrogens is 278 g/mol. The molecule has 0 saturated heterocycles. The number of anilines is 1. The second-order valence-electron chi connectivity index (χ2n) is 3.72. The van der Waals surface area contributed by atoms with E-state index in [9.17, 15) is 4.79 Å². The molecule has 0 bridgehead atoms. The third-order valence-electron chi connectivity index (χ3n) is 2.29. The van der Waals surface area contributed by atoms with Crippen LogP contribution in [-0.2, 0) is 4.79 Å². The zero-order valence-corrected chi connectivity index (χ0v) is 11.8. The number of nitrogens with one attached hydrogen (secondary N) is 1. The molecule has 0 atom stereocenters. The summed E-state index contributed by atoms with van der Waals surface area (Å²) < 4.78 is 3.82. The van der Waals surface area contributed by atoms with Gasteiger partial charge in [0.15, 0.2) is 0 Å². The topological polar surface area (TPSA) is 54.9 Å². The van der Waals surface area contributed by atoms with E-state index in [2.05, 4.69) is 21.5 Å². The van der Waals surface area contributed by atoms with E-state index in [0.29, 0.717) is 5.75 Å². The average molecular weight is 291 g/mol. The van der Waals surface area contributed by atoms with E-state index in [1.807, 2.05) is 29.6 Å². The molecule has 1 amide bonds. The van der Waals surface area contributed by atoms with Crippen molar-refractivity contribution in [1.82, 2.24) is 9.59 Å². The van der Waals surface area contributed by atoms with Crippen molar-refractivity contribution in [3.63, 3.8) is 0 Å². The number of amides is 1. The van der Waals surface area contributed by atoms with Gasteiger partial charge in [0.25, 0.3) is 0 Å². The molecule has 2 aromatic rings. The molecule has 2 rings (SSSR count). The molecule has 0 fully saturated rings. The van der Waals surface area contributed by atoms with E-state index in [4.69, 9.17) is 0 Å². The van der Waals surface area contributed by atoms with Crippen molar-refractivity contribution >= 4 is 34.9 Å². The fourth-order valence-electron chi connectivity index (χ4n) is 1.45. The Morgan fingerprint density at radius 2 is 2.21 bits per heavy atom. The number of hydrogen-bond donors (Lipinski definition) is 1. The van der Waals surface area contributed by atoms with E-state index in [1.54, 1.807) is 6.08 Å². The summed E-state index contributed by atoms with van der Waals surface area (Å²) >= 11 is 2.85. The molecule has 98 valence electrons. The lowest BCUT2D eigenvalue weighted by atomic mass is 10.1. The molecular formula is C13H13N3OS2. The molecule has 1 heterocycles. The number of thioether (sulfide) groups is 1. The highest BCUT2D eigenvalue weighted by Gasteiger charge is 2.04. The van der Waals surface area contributed by atoms with Gasteiger partial charge in [-0.2, -0.15) is 0 Å². The summed E-state index contributed by atoms with van der Waals surface area (Å²) in [5, 5.41) is 8.73. The van der Waals surface area contributed by atoms with Gasteiger partial charge in [0.05, 0.1) is 5.75 Å². The maximum absolute atomic E-state index is 11.6. The summed E-state index contributed by atoms with van der Waals surface area (Å²) in [6.07, 6.45) is 1.79. The van der Waals surface area contributed by atoms with Crippen LogP contribution in [0.25, 0.3) is 11.3 Å². The van der Waals surface area contributed by atoms with Crippen LogP contribution in [0, 0.1) is 0 Å². The highest BCUT2D eigenvalue weighted by molar-refractivity contribution is 8.00. The Kier molecular flexibility index (Phi) is 5.11. The first-order valence-electron chi connectivity index (χ1n) is 5.65. The molecule has 1 aromatic heterocycles. The lowest BCUT2D eigenvalue weighted by Gasteiger charge is -2.05. The fourth-order valence-corrected chi connectivity index (χ4v) is 2.45. The first-order chi connectivity index (χ1) is 9.29. The van der Waals surface area contributed by atoms with E-state index in [-0.39, 0.29) is 5.91 Å². The van der Waals surface area contributed by atoms with Crippen molar-refractivity contribution in [2.24, 2.45) is 0 Å². The van der Waals surface area contributed by atoms with Gasteiger partial charge in [-0.3, -0.25) is 4.79 Å². The number of aromatic nitrogens is 2. The van der Waals surface area contributed by atoms with Crippen molar-refractivity contribution < 1.29 is 4.79 Å². The van der Waals surface area contributed by atoms with Crippen molar-refractivity contribution in [1.29, 1.82) is 0 Å². The number of carbonyl (C=O) groups is 1. The Labute approximate surface area is 120 Å². The quantitative estimate of drug-likeness (QED) is 0.656. The predicted octanol–water partition coefficient (Wildman–Crippen LogP) is 3.06. The van der Waals surface area contributed by atoms with Gasteiger partial charge in [0.1, 0.15) is 5.69 Å². The normalized spacial score (nSPS) is 10.1. The van der Waals surface area contributed by atoms with Crippen LogP contribution in [-0.4, -0.2) is 27.0 Å². The Bertz CT molecular complexity index is 538. The summed E-state index contributed by atoms with van der Waals surface area (Å²) in [4.78, 5) is 11.6. The van der Waals surface area contributed by atoms with Gasteiger partial charge in [-0.05, 0) is 23.7 Å². The van der Waals surface area contributed by atoms with E-state index < -0.39 is 0 Å². The number of nitrogens with zero attached hydrogens (tertiary/aromatic N) is 2. The number of hydrogen-bond acceptors (Lipinski definition) is 5. The molecule has 6 heteroatoms. The molecule has 1 aromatic carbocycles. The van der Waals surface area contributed by atoms with Crippen molar-refractivity contribution in [3.8, 4) is 11.3 Å². The first kappa shape index (κ1) is 13.8. The van der Waals surface area contributed by atoms with Gasteiger partial charge in [0.2, 0.25) is 5.91 Å². The third kappa shape index (κ3) is 4.18. The number of carbonyl (C=O) groups excluding carboxylic acids is 1. The Hall–Kier alpha value is -1.66. The molecule has 0 saturated carbocycles. The Morgan fingerprint density at radius 1 is 1.42 bits per heavy atom. The number of benzene rings is 1. The van der Waals surface area contributed by atoms with Crippen molar-refractivity contribution in [3.05, 3.63) is 42.3 Å². The van der Waals surface area contributed by atoms with Gasteiger partial charge in [0, 0.05) is 22.4 Å². The van der Waals surface area contributed by atoms with Crippen LogP contribution in [0.4, 0.5) is 5.69 Å². The summed E-state index contributed by atoms with van der Waals surface area (Å²) in [5.41, 5.74) is 2.63. The predicted molar refractivity (Wildman–Crippen MR) is 81.5 cm³/mol. The van der Waals surface area contributed by atoms with Gasteiger partial charge < -0.3 is 5.32 Å². The summed E-state index contributed by atoms with van der Waals surface area (Å²) in [5.74, 6) is 1.21. The zero-order chi connectivity index (χ0) is 13.5. The van der Waals surface area contributed by atoms with Crippen LogP contribution in [0.15, 0.2) is 42.3 Å². The minimum atomic E-state index is -0.00470. The summed E-state index contributed by atoms with van der Waals surface area (Å²) in [7, 11) is 0. The van der Waals surface area contributed by atoms with Gasteiger partial charge in [-0.15, -0.1) is 23.4 Å².